The predicted molar refractivity (Wildman–Crippen MR) is 36.5 cm³/mol. The summed E-state index contributed by atoms with van der Waals surface area (Å²) in [4.78, 5) is 23.1. The maximum Gasteiger partial charge on any atom is 0.230 e. The maximum atomic E-state index is 10.9. The van der Waals surface area contributed by atoms with Gasteiger partial charge in [-0.05, 0) is 13.3 Å². The van der Waals surface area contributed by atoms with E-state index < -0.39 is 0 Å². The van der Waals surface area contributed by atoms with E-state index >= 15 is 0 Å². The maximum absolute atomic E-state index is 10.9. The summed E-state index contributed by atoms with van der Waals surface area (Å²) in [6.45, 7) is 3.12. The van der Waals surface area contributed by atoms with E-state index in [1.165, 1.54) is 6.92 Å². The van der Waals surface area contributed by atoms with E-state index in [9.17, 15) is 9.59 Å². The lowest BCUT2D eigenvalue weighted by Gasteiger charge is -2.30. The van der Waals surface area contributed by atoms with Crippen LogP contribution in [0.5, 0.6) is 0 Å². The smallest absolute Gasteiger partial charge is 0.230 e. The van der Waals surface area contributed by atoms with Crippen LogP contribution in [0.2, 0.25) is 0 Å². The second-order valence-corrected chi connectivity index (χ2v) is 2.61. The monoisotopic (exact) mass is 141 g/mol. The SMILES string of the molecule is CC(=O)CC(=O)N1CCC1. The fourth-order valence-corrected chi connectivity index (χ4v) is 0.890. The third-order valence-corrected chi connectivity index (χ3v) is 1.61. The van der Waals surface area contributed by atoms with E-state index in [4.69, 9.17) is 0 Å². The number of hydrogen-bond donors (Lipinski definition) is 0. The van der Waals surface area contributed by atoms with E-state index in [2.05, 4.69) is 0 Å². The molecule has 0 radical (unpaired) electrons. The molecule has 1 fully saturated rings. The molecular formula is C7H11NO2. The lowest BCUT2D eigenvalue weighted by molar-refractivity contribution is -0.137. The zero-order chi connectivity index (χ0) is 7.56. The quantitative estimate of drug-likeness (QED) is 0.515. The molecule has 56 valence electrons. The first-order chi connectivity index (χ1) is 4.70. The lowest BCUT2D eigenvalue weighted by Crippen LogP contribution is -2.42. The summed E-state index contributed by atoms with van der Waals surface area (Å²) in [6, 6.07) is 0. The molecule has 1 amide bonds. The molecule has 10 heavy (non-hydrogen) atoms. The molecule has 0 aromatic heterocycles. The van der Waals surface area contributed by atoms with Crippen molar-refractivity contribution in [1.82, 2.24) is 4.90 Å². The highest BCUT2D eigenvalue weighted by molar-refractivity contribution is 5.96. The van der Waals surface area contributed by atoms with Crippen molar-refractivity contribution in [2.24, 2.45) is 0 Å². The molecule has 1 aliphatic heterocycles. The Hall–Kier alpha value is -0.860. The van der Waals surface area contributed by atoms with E-state index in [1.54, 1.807) is 4.90 Å². The van der Waals surface area contributed by atoms with Gasteiger partial charge in [-0.15, -0.1) is 0 Å². The number of likely N-dealkylation sites (tertiary alicyclic amines) is 1. The van der Waals surface area contributed by atoms with Gasteiger partial charge in [0.25, 0.3) is 0 Å². The van der Waals surface area contributed by atoms with Crippen molar-refractivity contribution in [3.8, 4) is 0 Å². The van der Waals surface area contributed by atoms with Crippen LogP contribution < -0.4 is 0 Å². The highest BCUT2D eigenvalue weighted by Gasteiger charge is 2.20. The topological polar surface area (TPSA) is 37.4 Å². The molecule has 1 aliphatic rings. The van der Waals surface area contributed by atoms with Crippen LogP contribution in [0.4, 0.5) is 0 Å². The van der Waals surface area contributed by atoms with Gasteiger partial charge in [-0.3, -0.25) is 9.59 Å². The number of Topliss-reactive ketones (excluding diaryl/α,β-unsaturated/α-hetero) is 1. The molecule has 0 bridgehead atoms. The molecule has 1 rings (SSSR count). The van der Waals surface area contributed by atoms with E-state index in [0.717, 1.165) is 19.5 Å². The molecular weight excluding hydrogens is 130 g/mol. The molecule has 0 spiro atoms. The van der Waals surface area contributed by atoms with Crippen molar-refractivity contribution in [2.45, 2.75) is 19.8 Å². The Labute approximate surface area is 60.0 Å². The van der Waals surface area contributed by atoms with Crippen molar-refractivity contribution >= 4 is 11.7 Å². The highest BCUT2D eigenvalue weighted by atomic mass is 16.2. The highest BCUT2D eigenvalue weighted by Crippen LogP contribution is 2.07. The molecule has 0 unspecified atom stereocenters. The van der Waals surface area contributed by atoms with Crippen molar-refractivity contribution < 1.29 is 9.59 Å². The van der Waals surface area contributed by atoms with Crippen LogP contribution >= 0.6 is 0 Å². The van der Waals surface area contributed by atoms with Gasteiger partial charge in [0, 0.05) is 13.1 Å². The van der Waals surface area contributed by atoms with Crippen LogP contribution in [-0.4, -0.2) is 29.7 Å². The first kappa shape index (κ1) is 7.25. The van der Waals surface area contributed by atoms with Crippen molar-refractivity contribution in [2.75, 3.05) is 13.1 Å². The Balaban J connectivity index is 2.27. The summed E-state index contributed by atoms with van der Waals surface area (Å²) in [5.41, 5.74) is 0. The molecule has 3 nitrogen and oxygen atoms in total. The molecule has 0 N–H and O–H groups in total. The number of amides is 1. The molecule has 0 aliphatic carbocycles. The van der Waals surface area contributed by atoms with Gasteiger partial charge in [0.05, 0.1) is 6.42 Å². The van der Waals surface area contributed by atoms with E-state index in [1.807, 2.05) is 0 Å². The minimum absolute atomic E-state index is 0.0150. The summed E-state index contributed by atoms with van der Waals surface area (Å²) in [6.07, 6.45) is 1.17. The van der Waals surface area contributed by atoms with Crippen LogP contribution in [-0.2, 0) is 9.59 Å². The van der Waals surface area contributed by atoms with Crippen molar-refractivity contribution in [3.05, 3.63) is 0 Å². The van der Waals surface area contributed by atoms with Gasteiger partial charge in [0.2, 0.25) is 5.91 Å². The summed E-state index contributed by atoms with van der Waals surface area (Å²) in [7, 11) is 0. The summed E-state index contributed by atoms with van der Waals surface area (Å²) in [5, 5.41) is 0. The van der Waals surface area contributed by atoms with Gasteiger partial charge in [-0.1, -0.05) is 0 Å². The number of ketones is 1. The van der Waals surface area contributed by atoms with Gasteiger partial charge in [0.15, 0.2) is 0 Å². The van der Waals surface area contributed by atoms with Crippen molar-refractivity contribution in [3.63, 3.8) is 0 Å². The zero-order valence-electron chi connectivity index (χ0n) is 6.09. The number of carbonyl (C=O) groups is 2. The Morgan fingerprint density at radius 1 is 1.40 bits per heavy atom. The van der Waals surface area contributed by atoms with Gasteiger partial charge in [-0.25, -0.2) is 0 Å². The van der Waals surface area contributed by atoms with E-state index in [0.29, 0.717) is 0 Å². The number of rotatable bonds is 2. The fourth-order valence-electron chi connectivity index (χ4n) is 0.890. The Morgan fingerprint density at radius 2 is 2.00 bits per heavy atom. The standard InChI is InChI=1S/C7H11NO2/c1-6(9)5-7(10)8-3-2-4-8/h2-5H2,1H3. The van der Waals surface area contributed by atoms with Gasteiger partial charge >= 0.3 is 0 Å². The average Bonchev–Trinajstić information content (AvgIpc) is 1.55. The number of carbonyl (C=O) groups excluding carboxylic acids is 2. The van der Waals surface area contributed by atoms with Crippen LogP contribution in [0.25, 0.3) is 0 Å². The van der Waals surface area contributed by atoms with E-state index in [-0.39, 0.29) is 18.1 Å². The molecule has 1 saturated heterocycles. The average molecular weight is 141 g/mol. The Kier molecular flexibility index (Phi) is 2.04. The summed E-state index contributed by atoms with van der Waals surface area (Å²) >= 11 is 0. The third-order valence-electron chi connectivity index (χ3n) is 1.61. The van der Waals surface area contributed by atoms with Crippen LogP contribution in [0.15, 0.2) is 0 Å². The third kappa shape index (κ3) is 1.56. The summed E-state index contributed by atoms with van der Waals surface area (Å²) in [5.74, 6) is -0.0596. The predicted octanol–water partition coefficient (Wildman–Crippen LogP) is 0.198. The first-order valence-corrected chi connectivity index (χ1v) is 3.47. The second kappa shape index (κ2) is 2.82. The molecule has 0 saturated carbocycles. The van der Waals surface area contributed by atoms with Gasteiger partial charge in [0.1, 0.15) is 5.78 Å². The second-order valence-electron chi connectivity index (χ2n) is 2.61. The normalized spacial score (nSPS) is 16.3. The minimum Gasteiger partial charge on any atom is -0.342 e. The lowest BCUT2D eigenvalue weighted by atomic mass is 10.2. The Bertz CT molecular complexity index is 161. The molecule has 1 heterocycles. The zero-order valence-corrected chi connectivity index (χ0v) is 6.09. The van der Waals surface area contributed by atoms with Crippen molar-refractivity contribution in [1.29, 1.82) is 0 Å². The van der Waals surface area contributed by atoms with Crippen LogP contribution in [0.1, 0.15) is 19.8 Å². The Morgan fingerprint density at radius 3 is 2.30 bits per heavy atom. The minimum atomic E-state index is -0.0445. The largest absolute Gasteiger partial charge is 0.342 e. The van der Waals surface area contributed by atoms with Crippen LogP contribution in [0.3, 0.4) is 0 Å². The summed E-state index contributed by atoms with van der Waals surface area (Å²) < 4.78 is 0. The van der Waals surface area contributed by atoms with Gasteiger partial charge in [-0.2, -0.15) is 0 Å². The fraction of sp³-hybridized carbons (Fsp3) is 0.714. The number of hydrogen-bond acceptors (Lipinski definition) is 2. The van der Waals surface area contributed by atoms with Crippen LogP contribution in [0, 0.1) is 0 Å². The molecule has 3 heteroatoms. The first-order valence-electron chi connectivity index (χ1n) is 3.47. The van der Waals surface area contributed by atoms with Gasteiger partial charge < -0.3 is 4.90 Å². The number of nitrogens with zero attached hydrogens (tertiary/aromatic N) is 1. The molecule has 0 atom stereocenters. The molecule has 0 aromatic rings. The molecule has 0 aromatic carbocycles.